The number of methoxy groups -OCH3 is 1. The second kappa shape index (κ2) is 12.5. The van der Waals surface area contributed by atoms with Crippen LogP contribution in [0.2, 0.25) is 0 Å². The van der Waals surface area contributed by atoms with Gasteiger partial charge in [0.15, 0.2) is 0 Å². The number of esters is 1. The van der Waals surface area contributed by atoms with Gasteiger partial charge in [0.2, 0.25) is 15.9 Å². The average molecular weight is 485 g/mol. The van der Waals surface area contributed by atoms with E-state index in [-0.39, 0.29) is 29.7 Å². The Balaban J connectivity index is 1.68. The predicted molar refractivity (Wildman–Crippen MR) is 131 cm³/mol. The molecule has 0 radical (unpaired) electrons. The zero-order valence-corrected chi connectivity index (χ0v) is 20.4. The molecular weight excluding hydrogens is 452 g/mol. The monoisotopic (exact) mass is 484 g/mol. The summed E-state index contributed by atoms with van der Waals surface area (Å²) < 4.78 is 32.2. The highest BCUT2D eigenvalue weighted by atomic mass is 32.2. The fourth-order valence-electron chi connectivity index (χ4n) is 3.85. The molecule has 8 heteroatoms. The fourth-order valence-corrected chi connectivity index (χ4v) is 5.37. The topological polar surface area (TPSA) is 84.0 Å². The zero-order chi connectivity index (χ0) is 24.4. The first-order valence-electron chi connectivity index (χ1n) is 11.6. The van der Waals surface area contributed by atoms with Crippen molar-refractivity contribution < 1.29 is 22.7 Å². The zero-order valence-electron chi connectivity index (χ0n) is 19.6. The number of hydrogen-bond acceptors (Lipinski definition) is 5. The van der Waals surface area contributed by atoms with E-state index in [1.807, 2.05) is 30.3 Å². The standard InChI is InChI=1S/C26H32N2O5S/c1-33-26(30)17-20-27(21-23-9-5-4-6-10-23)25(29)16-13-22-11-14-24(15-12-22)34(31,32)28-18-7-2-3-8-19-28/h4-6,9-16H,2-3,7-8,17-21H2,1H3/b16-13+. The van der Waals surface area contributed by atoms with E-state index < -0.39 is 10.0 Å². The van der Waals surface area contributed by atoms with E-state index in [1.165, 1.54) is 13.2 Å². The lowest BCUT2D eigenvalue weighted by Gasteiger charge is -2.21. The molecule has 3 rings (SSSR count). The third-order valence-electron chi connectivity index (χ3n) is 5.84. The number of hydrogen-bond donors (Lipinski definition) is 0. The molecule has 0 saturated carbocycles. The number of amides is 1. The van der Waals surface area contributed by atoms with Crippen molar-refractivity contribution in [1.29, 1.82) is 0 Å². The molecular formula is C26H32N2O5S. The summed E-state index contributed by atoms with van der Waals surface area (Å²) in [6, 6.07) is 16.1. The lowest BCUT2D eigenvalue weighted by Crippen LogP contribution is -2.31. The Hall–Kier alpha value is -2.97. The van der Waals surface area contributed by atoms with Gasteiger partial charge in [-0.1, -0.05) is 55.3 Å². The Labute approximate surface area is 202 Å². The van der Waals surface area contributed by atoms with Gasteiger partial charge in [0.05, 0.1) is 18.4 Å². The van der Waals surface area contributed by atoms with Crippen molar-refractivity contribution in [2.45, 2.75) is 43.5 Å². The lowest BCUT2D eigenvalue weighted by molar-refractivity contribution is -0.141. The van der Waals surface area contributed by atoms with Gasteiger partial charge in [-0.15, -0.1) is 0 Å². The molecule has 1 aliphatic rings. The Morgan fingerprint density at radius 2 is 1.62 bits per heavy atom. The third-order valence-corrected chi connectivity index (χ3v) is 7.76. The quantitative estimate of drug-likeness (QED) is 0.399. The molecule has 0 aliphatic carbocycles. The Morgan fingerprint density at radius 1 is 0.971 bits per heavy atom. The first-order chi connectivity index (χ1) is 16.4. The van der Waals surface area contributed by atoms with Crippen LogP contribution in [0.4, 0.5) is 0 Å². The Bertz CT molecular complexity index is 1070. The van der Waals surface area contributed by atoms with Crippen molar-refractivity contribution in [2.24, 2.45) is 0 Å². The summed E-state index contributed by atoms with van der Waals surface area (Å²) in [6.07, 6.45) is 7.09. The van der Waals surface area contributed by atoms with Crippen molar-refractivity contribution in [1.82, 2.24) is 9.21 Å². The molecule has 1 heterocycles. The minimum absolute atomic E-state index is 0.103. The second-order valence-corrected chi connectivity index (χ2v) is 10.2. The molecule has 1 saturated heterocycles. The van der Waals surface area contributed by atoms with Crippen molar-refractivity contribution in [3.05, 3.63) is 71.8 Å². The first kappa shape index (κ1) is 25.6. The van der Waals surface area contributed by atoms with E-state index in [0.29, 0.717) is 19.6 Å². The number of rotatable bonds is 9. The summed E-state index contributed by atoms with van der Waals surface area (Å²) in [5, 5.41) is 0. The largest absolute Gasteiger partial charge is 0.469 e. The van der Waals surface area contributed by atoms with Crippen LogP contribution in [0.15, 0.2) is 65.6 Å². The van der Waals surface area contributed by atoms with Crippen LogP contribution in [0.25, 0.3) is 6.08 Å². The molecule has 0 atom stereocenters. The van der Waals surface area contributed by atoms with Gasteiger partial charge in [0, 0.05) is 32.3 Å². The smallest absolute Gasteiger partial charge is 0.307 e. The van der Waals surface area contributed by atoms with Gasteiger partial charge in [0.25, 0.3) is 0 Å². The molecule has 1 fully saturated rings. The highest BCUT2D eigenvalue weighted by molar-refractivity contribution is 7.89. The summed E-state index contributed by atoms with van der Waals surface area (Å²) in [5.74, 6) is -0.620. The van der Waals surface area contributed by atoms with Crippen LogP contribution >= 0.6 is 0 Å². The normalized spacial score (nSPS) is 15.1. The second-order valence-electron chi connectivity index (χ2n) is 8.29. The van der Waals surface area contributed by atoms with E-state index in [0.717, 1.165) is 36.8 Å². The van der Waals surface area contributed by atoms with E-state index in [4.69, 9.17) is 4.74 Å². The maximum absolute atomic E-state index is 12.9. The SMILES string of the molecule is COC(=O)CCN(Cc1ccccc1)C(=O)/C=C/c1ccc(S(=O)(=O)N2CCCCCC2)cc1. The predicted octanol–water partition coefficient (Wildman–Crippen LogP) is 3.86. The highest BCUT2D eigenvalue weighted by Gasteiger charge is 2.24. The summed E-state index contributed by atoms with van der Waals surface area (Å²) >= 11 is 0. The van der Waals surface area contributed by atoms with Crippen molar-refractivity contribution in [3.8, 4) is 0 Å². The van der Waals surface area contributed by atoms with E-state index >= 15 is 0 Å². The third kappa shape index (κ3) is 7.27. The van der Waals surface area contributed by atoms with Gasteiger partial charge in [-0.05, 0) is 42.2 Å². The van der Waals surface area contributed by atoms with Crippen LogP contribution < -0.4 is 0 Å². The molecule has 0 bridgehead atoms. The number of benzene rings is 2. The van der Waals surface area contributed by atoms with E-state index in [9.17, 15) is 18.0 Å². The van der Waals surface area contributed by atoms with E-state index in [2.05, 4.69) is 0 Å². The summed E-state index contributed by atoms with van der Waals surface area (Å²) in [6.45, 7) is 1.72. The van der Waals surface area contributed by atoms with Crippen LogP contribution in [-0.4, -0.2) is 56.2 Å². The lowest BCUT2D eigenvalue weighted by atomic mass is 10.2. The maximum atomic E-state index is 12.9. The van der Waals surface area contributed by atoms with Gasteiger partial charge in [-0.25, -0.2) is 8.42 Å². The highest BCUT2D eigenvalue weighted by Crippen LogP contribution is 2.21. The molecule has 2 aromatic rings. The fraction of sp³-hybridized carbons (Fsp3) is 0.385. The molecule has 1 amide bonds. The summed E-state index contributed by atoms with van der Waals surface area (Å²) in [7, 11) is -2.19. The first-order valence-corrected chi connectivity index (χ1v) is 13.0. The summed E-state index contributed by atoms with van der Waals surface area (Å²) in [4.78, 5) is 26.3. The molecule has 7 nitrogen and oxygen atoms in total. The van der Waals surface area contributed by atoms with Gasteiger partial charge in [-0.3, -0.25) is 9.59 Å². The number of ether oxygens (including phenoxy) is 1. The van der Waals surface area contributed by atoms with Gasteiger partial charge < -0.3 is 9.64 Å². The molecule has 0 aromatic heterocycles. The van der Waals surface area contributed by atoms with Crippen LogP contribution in [-0.2, 0) is 30.9 Å². The van der Waals surface area contributed by atoms with Gasteiger partial charge >= 0.3 is 5.97 Å². The minimum atomic E-state index is -3.51. The van der Waals surface area contributed by atoms with Gasteiger partial charge in [0.1, 0.15) is 0 Å². The molecule has 34 heavy (non-hydrogen) atoms. The van der Waals surface area contributed by atoms with Gasteiger partial charge in [-0.2, -0.15) is 4.31 Å². The molecule has 2 aromatic carbocycles. The molecule has 182 valence electrons. The minimum Gasteiger partial charge on any atom is -0.469 e. The Kier molecular flexibility index (Phi) is 9.42. The van der Waals surface area contributed by atoms with E-state index in [1.54, 1.807) is 39.5 Å². The van der Waals surface area contributed by atoms with Crippen LogP contribution in [0.3, 0.4) is 0 Å². The molecule has 1 aliphatic heterocycles. The molecule has 0 N–H and O–H groups in total. The van der Waals surface area contributed by atoms with Crippen LogP contribution in [0.1, 0.15) is 43.2 Å². The summed E-state index contributed by atoms with van der Waals surface area (Å²) in [5.41, 5.74) is 1.67. The van der Waals surface area contributed by atoms with Crippen molar-refractivity contribution in [2.75, 3.05) is 26.7 Å². The average Bonchev–Trinajstić information content (AvgIpc) is 3.16. The van der Waals surface area contributed by atoms with Crippen molar-refractivity contribution >= 4 is 28.0 Å². The Morgan fingerprint density at radius 3 is 2.24 bits per heavy atom. The number of sulfonamides is 1. The maximum Gasteiger partial charge on any atom is 0.307 e. The number of nitrogens with zero attached hydrogens (tertiary/aromatic N) is 2. The molecule has 0 spiro atoms. The van der Waals surface area contributed by atoms with Crippen LogP contribution in [0, 0.1) is 0 Å². The molecule has 0 unspecified atom stereocenters. The van der Waals surface area contributed by atoms with Crippen LogP contribution in [0.5, 0.6) is 0 Å². The van der Waals surface area contributed by atoms with Crippen molar-refractivity contribution in [3.63, 3.8) is 0 Å². The number of carbonyl (C=O) groups is 2. The number of carbonyl (C=O) groups excluding carboxylic acids is 2.